The molecule has 0 aliphatic heterocycles. The summed E-state index contributed by atoms with van der Waals surface area (Å²) in [7, 11) is 0. The average molecular weight is 440 g/mol. The summed E-state index contributed by atoms with van der Waals surface area (Å²) < 4.78 is 4.95. The third-order valence-corrected chi connectivity index (χ3v) is 5.12. The van der Waals surface area contributed by atoms with Crippen LogP contribution in [0.2, 0.25) is 0 Å². The van der Waals surface area contributed by atoms with Crippen molar-refractivity contribution >= 4 is 17.8 Å². The molecule has 0 aromatic rings. The summed E-state index contributed by atoms with van der Waals surface area (Å²) in [4.78, 5) is 33.5. The summed E-state index contributed by atoms with van der Waals surface area (Å²) in [6.07, 6.45) is 21.5. The normalized spacial score (nSPS) is 11.0. The fourth-order valence-corrected chi connectivity index (χ4v) is 3.26. The van der Waals surface area contributed by atoms with Crippen LogP contribution in [0.3, 0.4) is 0 Å². The molecule has 0 atom stereocenters. The van der Waals surface area contributed by atoms with Crippen molar-refractivity contribution in [1.29, 1.82) is 0 Å². The molecule has 0 spiro atoms. The molecule has 0 aromatic carbocycles. The van der Waals surface area contributed by atoms with Gasteiger partial charge in [0.25, 0.3) is 0 Å². The Morgan fingerprint density at radius 3 is 1.94 bits per heavy atom. The van der Waals surface area contributed by atoms with Gasteiger partial charge >= 0.3 is 11.9 Å². The highest BCUT2D eigenvalue weighted by Gasteiger charge is 2.06. The Morgan fingerprint density at radius 1 is 0.742 bits per heavy atom. The second-order valence-electron chi connectivity index (χ2n) is 8.15. The fourth-order valence-electron chi connectivity index (χ4n) is 3.26. The maximum atomic E-state index is 11.7. The number of rotatable bonds is 22. The van der Waals surface area contributed by atoms with E-state index in [0.29, 0.717) is 13.0 Å². The highest BCUT2D eigenvalue weighted by atomic mass is 16.5. The Bertz CT molecular complexity index is 490. The Hall–Kier alpha value is -1.85. The molecule has 6 heteroatoms. The Labute approximate surface area is 189 Å². The summed E-state index contributed by atoms with van der Waals surface area (Å²) in [5, 5.41) is 11.2. The van der Waals surface area contributed by atoms with E-state index in [-0.39, 0.29) is 31.8 Å². The molecule has 180 valence electrons. The van der Waals surface area contributed by atoms with Crippen LogP contribution in [0.5, 0.6) is 0 Å². The number of carbonyl (C=O) groups excluding carboxylic acids is 2. The van der Waals surface area contributed by atoms with E-state index in [9.17, 15) is 14.4 Å². The van der Waals surface area contributed by atoms with Gasteiger partial charge in [0.2, 0.25) is 5.91 Å². The molecule has 0 fully saturated rings. The number of amides is 1. The van der Waals surface area contributed by atoms with Gasteiger partial charge in [-0.25, -0.2) is 0 Å². The Morgan fingerprint density at radius 2 is 1.32 bits per heavy atom. The van der Waals surface area contributed by atoms with E-state index in [0.717, 1.165) is 25.7 Å². The molecule has 0 aliphatic carbocycles. The molecule has 0 heterocycles. The number of allylic oxidation sites excluding steroid dienone is 2. The lowest BCUT2D eigenvalue weighted by molar-refractivity contribution is -0.144. The third kappa shape index (κ3) is 24.3. The molecule has 0 rings (SSSR count). The van der Waals surface area contributed by atoms with Gasteiger partial charge in [-0.05, 0) is 38.5 Å². The molecule has 0 saturated heterocycles. The van der Waals surface area contributed by atoms with Gasteiger partial charge in [0.15, 0.2) is 0 Å². The summed E-state index contributed by atoms with van der Waals surface area (Å²) in [6.45, 7) is 2.68. The average Bonchev–Trinajstić information content (AvgIpc) is 2.73. The van der Waals surface area contributed by atoms with Gasteiger partial charge in [-0.3, -0.25) is 14.4 Å². The standard InChI is InChI=1S/C25H45NO5/c1-2-3-4-5-6-7-8-9-10-11-12-13-14-15-16-18-23(27)26-21-22-31-25(30)20-17-19-24(28)29/h9-10H,2-8,11-22H2,1H3,(H,26,27)(H,28,29)/b10-9-. The van der Waals surface area contributed by atoms with E-state index in [1.807, 2.05) is 0 Å². The number of hydrogen-bond donors (Lipinski definition) is 2. The molecule has 2 N–H and O–H groups in total. The van der Waals surface area contributed by atoms with Gasteiger partial charge in [0.1, 0.15) is 6.61 Å². The van der Waals surface area contributed by atoms with Crippen LogP contribution in [0.15, 0.2) is 12.2 Å². The van der Waals surface area contributed by atoms with Crippen molar-refractivity contribution in [2.45, 2.75) is 116 Å². The second kappa shape index (κ2) is 22.8. The lowest BCUT2D eigenvalue weighted by Crippen LogP contribution is -2.27. The fraction of sp³-hybridized carbons (Fsp3) is 0.800. The zero-order valence-corrected chi connectivity index (χ0v) is 19.7. The van der Waals surface area contributed by atoms with Gasteiger partial charge in [0, 0.05) is 19.3 Å². The van der Waals surface area contributed by atoms with Crippen molar-refractivity contribution in [1.82, 2.24) is 5.32 Å². The first-order valence-corrected chi connectivity index (χ1v) is 12.3. The quantitative estimate of drug-likeness (QED) is 0.124. The van der Waals surface area contributed by atoms with Crippen LogP contribution in [-0.4, -0.2) is 36.1 Å². The topological polar surface area (TPSA) is 92.7 Å². The highest BCUT2D eigenvalue weighted by Crippen LogP contribution is 2.10. The van der Waals surface area contributed by atoms with Crippen LogP contribution >= 0.6 is 0 Å². The van der Waals surface area contributed by atoms with E-state index in [4.69, 9.17) is 9.84 Å². The third-order valence-electron chi connectivity index (χ3n) is 5.12. The smallest absolute Gasteiger partial charge is 0.305 e. The van der Waals surface area contributed by atoms with Gasteiger partial charge in [-0.15, -0.1) is 0 Å². The monoisotopic (exact) mass is 439 g/mol. The summed E-state index contributed by atoms with van der Waals surface area (Å²) in [5.41, 5.74) is 0. The lowest BCUT2D eigenvalue weighted by atomic mass is 10.1. The van der Waals surface area contributed by atoms with Gasteiger partial charge in [-0.1, -0.05) is 70.4 Å². The lowest BCUT2D eigenvalue weighted by Gasteiger charge is -2.06. The molecule has 0 bridgehead atoms. The number of carboxylic acids is 1. The maximum absolute atomic E-state index is 11.7. The van der Waals surface area contributed by atoms with E-state index in [1.54, 1.807) is 0 Å². The predicted octanol–water partition coefficient (Wildman–Crippen LogP) is 5.94. The van der Waals surface area contributed by atoms with Gasteiger partial charge < -0.3 is 15.2 Å². The van der Waals surface area contributed by atoms with Crippen LogP contribution in [0.25, 0.3) is 0 Å². The molecule has 0 radical (unpaired) electrons. The van der Waals surface area contributed by atoms with Crippen LogP contribution in [0.1, 0.15) is 116 Å². The van der Waals surface area contributed by atoms with E-state index < -0.39 is 11.9 Å². The number of carbonyl (C=O) groups is 3. The molecule has 1 amide bonds. The molecular weight excluding hydrogens is 394 g/mol. The number of aliphatic carboxylic acids is 1. The minimum atomic E-state index is -0.921. The number of nitrogens with one attached hydrogen (secondary N) is 1. The summed E-state index contributed by atoms with van der Waals surface area (Å²) in [5.74, 6) is -1.36. The minimum Gasteiger partial charge on any atom is -0.481 e. The Balaban J connectivity index is 3.33. The van der Waals surface area contributed by atoms with Crippen LogP contribution in [-0.2, 0) is 19.1 Å². The zero-order valence-electron chi connectivity index (χ0n) is 19.7. The zero-order chi connectivity index (χ0) is 23.0. The number of ether oxygens (including phenoxy) is 1. The minimum absolute atomic E-state index is 0.0143. The van der Waals surface area contributed by atoms with Crippen molar-refractivity contribution < 1.29 is 24.2 Å². The Kier molecular flexibility index (Phi) is 21.5. The molecular formula is C25H45NO5. The maximum Gasteiger partial charge on any atom is 0.305 e. The number of hydrogen-bond acceptors (Lipinski definition) is 4. The summed E-state index contributed by atoms with van der Waals surface area (Å²) >= 11 is 0. The van der Waals surface area contributed by atoms with Crippen LogP contribution < -0.4 is 5.32 Å². The number of esters is 1. The molecule has 31 heavy (non-hydrogen) atoms. The van der Waals surface area contributed by atoms with E-state index in [1.165, 1.54) is 57.8 Å². The van der Waals surface area contributed by atoms with Crippen LogP contribution in [0, 0.1) is 0 Å². The van der Waals surface area contributed by atoms with Crippen molar-refractivity contribution in [2.75, 3.05) is 13.2 Å². The molecule has 0 unspecified atom stereocenters. The SMILES string of the molecule is CCCCCCCC/C=C\CCCCCCCC(=O)NCCOC(=O)CCCC(=O)O. The first-order chi connectivity index (χ1) is 15.1. The van der Waals surface area contributed by atoms with Crippen molar-refractivity contribution in [3.63, 3.8) is 0 Å². The highest BCUT2D eigenvalue weighted by molar-refractivity contribution is 5.75. The number of carboxylic acid groups (broad SMARTS) is 1. The van der Waals surface area contributed by atoms with Gasteiger partial charge in [-0.2, -0.15) is 0 Å². The van der Waals surface area contributed by atoms with Crippen molar-refractivity contribution in [3.8, 4) is 0 Å². The largest absolute Gasteiger partial charge is 0.481 e. The van der Waals surface area contributed by atoms with E-state index in [2.05, 4.69) is 24.4 Å². The van der Waals surface area contributed by atoms with Gasteiger partial charge in [0.05, 0.1) is 6.54 Å². The molecule has 0 saturated carbocycles. The van der Waals surface area contributed by atoms with E-state index >= 15 is 0 Å². The first kappa shape index (κ1) is 29.1. The second-order valence-corrected chi connectivity index (χ2v) is 8.15. The molecule has 0 aromatic heterocycles. The van der Waals surface area contributed by atoms with Crippen molar-refractivity contribution in [2.24, 2.45) is 0 Å². The van der Waals surface area contributed by atoms with Crippen molar-refractivity contribution in [3.05, 3.63) is 12.2 Å². The predicted molar refractivity (Wildman–Crippen MR) is 125 cm³/mol. The first-order valence-electron chi connectivity index (χ1n) is 12.3. The summed E-state index contributed by atoms with van der Waals surface area (Å²) in [6, 6.07) is 0. The molecule has 6 nitrogen and oxygen atoms in total. The molecule has 0 aliphatic rings. The van der Waals surface area contributed by atoms with Crippen LogP contribution in [0.4, 0.5) is 0 Å². The number of unbranched alkanes of at least 4 members (excludes halogenated alkanes) is 11.